The van der Waals surface area contributed by atoms with Gasteiger partial charge in [-0.25, -0.2) is 4.39 Å². The van der Waals surface area contributed by atoms with Gasteiger partial charge in [-0.3, -0.25) is 4.79 Å². The average Bonchev–Trinajstić information content (AvgIpc) is 2.85. The van der Waals surface area contributed by atoms with Crippen LogP contribution in [0.3, 0.4) is 0 Å². The van der Waals surface area contributed by atoms with E-state index in [0.717, 1.165) is 22.8 Å². The van der Waals surface area contributed by atoms with Crippen molar-refractivity contribution < 1.29 is 9.18 Å². The Hall–Kier alpha value is -2.13. The molecule has 0 fully saturated rings. The first-order valence-electron chi connectivity index (χ1n) is 6.15. The number of carbonyl (C=O) groups is 1. The standard InChI is InChI=1S/C16H11ClFNO/c17-14-3-1-11(8-15(14)18)9-19-6-5-13-7-12(10-20)2-4-16(13)19/h1-8,10H,9H2. The molecule has 0 aliphatic heterocycles. The summed E-state index contributed by atoms with van der Waals surface area (Å²) in [6.07, 6.45) is 2.75. The second-order valence-corrected chi connectivity index (χ2v) is 5.04. The van der Waals surface area contributed by atoms with E-state index in [4.69, 9.17) is 11.6 Å². The van der Waals surface area contributed by atoms with Crippen LogP contribution in [0.1, 0.15) is 15.9 Å². The number of hydrogen-bond acceptors (Lipinski definition) is 1. The molecule has 0 aliphatic carbocycles. The number of fused-ring (bicyclic) bond motifs is 1. The fourth-order valence-corrected chi connectivity index (χ4v) is 2.38. The van der Waals surface area contributed by atoms with Gasteiger partial charge in [0.15, 0.2) is 0 Å². The summed E-state index contributed by atoms with van der Waals surface area (Å²) in [5, 5.41) is 1.12. The molecular weight excluding hydrogens is 277 g/mol. The van der Waals surface area contributed by atoms with E-state index in [2.05, 4.69) is 0 Å². The number of benzene rings is 2. The minimum Gasteiger partial charge on any atom is -0.343 e. The van der Waals surface area contributed by atoms with E-state index in [-0.39, 0.29) is 5.02 Å². The summed E-state index contributed by atoms with van der Waals surface area (Å²) in [7, 11) is 0. The second-order valence-electron chi connectivity index (χ2n) is 4.63. The molecule has 4 heteroatoms. The van der Waals surface area contributed by atoms with Crippen LogP contribution in [0.5, 0.6) is 0 Å². The van der Waals surface area contributed by atoms with Crippen LogP contribution in [0.15, 0.2) is 48.7 Å². The molecule has 2 aromatic carbocycles. The van der Waals surface area contributed by atoms with Crippen molar-refractivity contribution >= 4 is 28.8 Å². The Bertz CT molecular complexity index is 794. The van der Waals surface area contributed by atoms with Crippen LogP contribution in [0.25, 0.3) is 10.9 Å². The third kappa shape index (κ3) is 2.32. The van der Waals surface area contributed by atoms with Crippen molar-refractivity contribution in [2.24, 2.45) is 0 Å². The van der Waals surface area contributed by atoms with Crippen molar-refractivity contribution in [2.45, 2.75) is 6.54 Å². The molecule has 0 bridgehead atoms. The summed E-state index contributed by atoms with van der Waals surface area (Å²) in [6, 6.07) is 12.2. The average molecular weight is 288 g/mol. The summed E-state index contributed by atoms with van der Waals surface area (Å²) in [5.74, 6) is -0.413. The van der Waals surface area contributed by atoms with Crippen LogP contribution in [0, 0.1) is 5.82 Å². The van der Waals surface area contributed by atoms with E-state index in [9.17, 15) is 9.18 Å². The zero-order valence-corrected chi connectivity index (χ0v) is 11.3. The van der Waals surface area contributed by atoms with Crippen molar-refractivity contribution in [3.05, 3.63) is 70.6 Å². The van der Waals surface area contributed by atoms with E-state index in [1.54, 1.807) is 18.2 Å². The number of nitrogens with zero attached hydrogens (tertiary/aromatic N) is 1. The van der Waals surface area contributed by atoms with Crippen LogP contribution in [-0.4, -0.2) is 10.9 Å². The first-order valence-corrected chi connectivity index (χ1v) is 6.53. The molecule has 3 rings (SSSR count). The minimum atomic E-state index is -0.413. The van der Waals surface area contributed by atoms with Gasteiger partial charge in [0.1, 0.15) is 12.1 Å². The number of aromatic nitrogens is 1. The molecule has 3 aromatic rings. The lowest BCUT2D eigenvalue weighted by Gasteiger charge is -2.06. The maximum atomic E-state index is 13.4. The molecule has 1 aromatic heterocycles. The Kier molecular flexibility index (Phi) is 3.28. The van der Waals surface area contributed by atoms with Crippen molar-refractivity contribution in [1.82, 2.24) is 4.57 Å². The molecular formula is C16H11ClFNO. The highest BCUT2D eigenvalue weighted by atomic mass is 35.5. The zero-order chi connectivity index (χ0) is 14.1. The summed E-state index contributed by atoms with van der Waals surface area (Å²) in [4.78, 5) is 10.8. The first-order chi connectivity index (χ1) is 9.67. The molecule has 0 saturated carbocycles. The molecule has 1 heterocycles. The predicted octanol–water partition coefficient (Wildman–Crippen LogP) is 4.29. The maximum absolute atomic E-state index is 13.4. The smallest absolute Gasteiger partial charge is 0.150 e. The van der Waals surface area contributed by atoms with E-state index in [0.29, 0.717) is 12.1 Å². The normalized spacial score (nSPS) is 10.9. The van der Waals surface area contributed by atoms with Gasteiger partial charge < -0.3 is 4.57 Å². The quantitative estimate of drug-likeness (QED) is 0.659. The molecule has 2 nitrogen and oxygen atoms in total. The number of aldehydes is 1. The molecule has 0 aliphatic rings. The minimum absolute atomic E-state index is 0.127. The highest BCUT2D eigenvalue weighted by molar-refractivity contribution is 6.30. The van der Waals surface area contributed by atoms with Gasteiger partial charge in [-0.1, -0.05) is 17.7 Å². The summed E-state index contributed by atoms with van der Waals surface area (Å²) >= 11 is 5.68. The highest BCUT2D eigenvalue weighted by Gasteiger charge is 2.05. The van der Waals surface area contributed by atoms with Crippen molar-refractivity contribution in [2.75, 3.05) is 0 Å². The van der Waals surface area contributed by atoms with Crippen LogP contribution in [-0.2, 0) is 6.54 Å². The molecule has 0 saturated heterocycles. The number of hydrogen-bond donors (Lipinski definition) is 0. The predicted molar refractivity (Wildman–Crippen MR) is 77.8 cm³/mol. The topological polar surface area (TPSA) is 22.0 Å². The summed E-state index contributed by atoms with van der Waals surface area (Å²) in [5.41, 5.74) is 2.49. The largest absolute Gasteiger partial charge is 0.343 e. The third-order valence-electron chi connectivity index (χ3n) is 3.27. The third-order valence-corrected chi connectivity index (χ3v) is 3.57. The Morgan fingerprint density at radius 3 is 2.75 bits per heavy atom. The van der Waals surface area contributed by atoms with Gasteiger partial charge in [-0.05, 0) is 42.0 Å². The molecule has 100 valence electrons. The maximum Gasteiger partial charge on any atom is 0.150 e. The molecule has 0 atom stereocenters. The Balaban J connectivity index is 1.98. The van der Waals surface area contributed by atoms with Gasteiger partial charge in [0.2, 0.25) is 0 Å². The Labute approximate surface area is 120 Å². The monoisotopic (exact) mass is 287 g/mol. The van der Waals surface area contributed by atoms with Gasteiger partial charge in [-0.2, -0.15) is 0 Å². The summed E-state index contributed by atoms with van der Waals surface area (Å²) in [6.45, 7) is 0.554. The number of carbonyl (C=O) groups excluding carboxylic acids is 1. The van der Waals surface area contributed by atoms with Gasteiger partial charge in [-0.15, -0.1) is 0 Å². The van der Waals surface area contributed by atoms with Crippen molar-refractivity contribution in [3.63, 3.8) is 0 Å². The second kappa shape index (κ2) is 5.10. The van der Waals surface area contributed by atoms with E-state index >= 15 is 0 Å². The van der Waals surface area contributed by atoms with Crippen LogP contribution in [0.2, 0.25) is 5.02 Å². The molecule has 20 heavy (non-hydrogen) atoms. The molecule has 0 radical (unpaired) electrons. The lowest BCUT2D eigenvalue weighted by Crippen LogP contribution is -1.98. The van der Waals surface area contributed by atoms with E-state index in [1.165, 1.54) is 6.07 Å². The van der Waals surface area contributed by atoms with Crippen LogP contribution < -0.4 is 0 Å². The van der Waals surface area contributed by atoms with Gasteiger partial charge in [0, 0.05) is 29.2 Å². The van der Waals surface area contributed by atoms with Crippen LogP contribution in [0.4, 0.5) is 4.39 Å². The van der Waals surface area contributed by atoms with Crippen LogP contribution >= 0.6 is 11.6 Å². The lowest BCUT2D eigenvalue weighted by atomic mass is 10.2. The summed E-state index contributed by atoms with van der Waals surface area (Å²) < 4.78 is 15.4. The van der Waals surface area contributed by atoms with E-state index < -0.39 is 5.82 Å². The van der Waals surface area contributed by atoms with Gasteiger partial charge in [0.25, 0.3) is 0 Å². The Morgan fingerprint density at radius 1 is 1.15 bits per heavy atom. The molecule has 0 N–H and O–H groups in total. The lowest BCUT2D eigenvalue weighted by molar-refractivity contribution is 0.112. The number of rotatable bonds is 3. The Morgan fingerprint density at radius 2 is 2.00 bits per heavy atom. The zero-order valence-electron chi connectivity index (χ0n) is 10.5. The van der Waals surface area contributed by atoms with E-state index in [1.807, 2.05) is 29.0 Å². The number of halogens is 2. The fraction of sp³-hybridized carbons (Fsp3) is 0.0625. The molecule has 0 spiro atoms. The van der Waals surface area contributed by atoms with Gasteiger partial charge >= 0.3 is 0 Å². The fourth-order valence-electron chi connectivity index (χ4n) is 2.26. The highest BCUT2D eigenvalue weighted by Crippen LogP contribution is 2.20. The van der Waals surface area contributed by atoms with Crippen molar-refractivity contribution in [1.29, 1.82) is 0 Å². The SMILES string of the molecule is O=Cc1ccc2c(ccn2Cc2ccc(Cl)c(F)c2)c1. The first kappa shape index (κ1) is 12.9. The van der Waals surface area contributed by atoms with Crippen molar-refractivity contribution in [3.8, 4) is 0 Å². The molecule has 0 unspecified atom stereocenters. The molecule has 0 amide bonds. The van der Waals surface area contributed by atoms with Gasteiger partial charge in [0.05, 0.1) is 5.02 Å².